The van der Waals surface area contributed by atoms with Crippen molar-refractivity contribution >= 4 is 28.9 Å². The van der Waals surface area contributed by atoms with Crippen LogP contribution in [0.1, 0.15) is 11.4 Å². The number of nitrogens with zero attached hydrogens (tertiary/aromatic N) is 3. The molecule has 2 aromatic carbocycles. The Balaban J connectivity index is 1.89. The molecule has 0 amide bonds. The molecular weight excluding hydrogens is 296 g/mol. The molecule has 0 fully saturated rings. The third-order valence-corrected chi connectivity index (χ3v) is 3.81. The first kappa shape index (κ1) is 14.2. The SMILES string of the molecule is Nc1ccc2c(c1)nc(/C=C/c1ccccc1)n2-c1ccccn1. The lowest BCUT2D eigenvalue weighted by Crippen LogP contribution is -1.99. The molecular formula is C20H16N4. The van der Waals surface area contributed by atoms with Gasteiger partial charge in [-0.1, -0.05) is 42.5 Å². The van der Waals surface area contributed by atoms with E-state index in [4.69, 9.17) is 10.7 Å². The summed E-state index contributed by atoms with van der Waals surface area (Å²) in [5, 5.41) is 0. The largest absolute Gasteiger partial charge is 0.399 e. The number of hydrogen-bond acceptors (Lipinski definition) is 3. The van der Waals surface area contributed by atoms with Crippen molar-refractivity contribution in [3.8, 4) is 5.82 Å². The number of anilines is 1. The minimum Gasteiger partial charge on any atom is -0.399 e. The van der Waals surface area contributed by atoms with Gasteiger partial charge in [0.05, 0.1) is 11.0 Å². The predicted octanol–water partition coefficient (Wildman–Crippen LogP) is 4.17. The molecule has 0 spiro atoms. The highest BCUT2D eigenvalue weighted by Crippen LogP contribution is 2.23. The van der Waals surface area contributed by atoms with Gasteiger partial charge in [0.1, 0.15) is 11.6 Å². The zero-order valence-electron chi connectivity index (χ0n) is 13.0. The lowest BCUT2D eigenvalue weighted by molar-refractivity contribution is 1.01. The first-order chi connectivity index (χ1) is 11.8. The first-order valence-electron chi connectivity index (χ1n) is 7.74. The van der Waals surface area contributed by atoms with Gasteiger partial charge in [-0.15, -0.1) is 0 Å². The smallest absolute Gasteiger partial charge is 0.139 e. The second-order valence-corrected chi connectivity index (χ2v) is 5.49. The van der Waals surface area contributed by atoms with Crippen LogP contribution in [0.4, 0.5) is 5.69 Å². The van der Waals surface area contributed by atoms with Gasteiger partial charge in [0.15, 0.2) is 0 Å². The second-order valence-electron chi connectivity index (χ2n) is 5.49. The quantitative estimate of drug-likeness (QED) is 0.578. The molecule has 4 nitrogen and oxygen atoms in total. The number of rotatable bonds is 3. The third-order valence-electron chi connectivity index (χ3n) is 3.81. The molecule has 2 N–H and O–H groups in total. The Hall–Kier alpha value is -3.40. The Morgan fingerprint density at radius 2 is 1.71 bits per heavy atom. The van der Waals surface area contributed by atoms with Gasteiger partial charge < -0.3 is 5.73 Å². The molecule has 2 aromatic heterocycles. The van der Waals surface area contributed by atoms with Crippen molar-refractivity contribution in [1.29, 1.82) is 0 Å². The lowest BCUT2D eigenvalue weighted by Gasteiger charge is -2.05. The van der Waals surface area contributed by atoms with Gasteiger partial charge in [0.2, 0.25) is 0 Å². The Labute approximate surface area is 139 Å². The van der Waals surface area contributed by atoms with Crippen LogP contribution in [0.3, 0.4) is 0 Å². The summed E-state index contributed by atoms with van der Waals surface area (Å²) >= 11 is 0. The number of fused-ring (bicyclic) bond motifs is 1. The average molecular weight is 312 g/mol. The Morgan fingerprint density at radius 3 is 2.50 bits per heavy atom. The van der Waals surface area contributed by atoms with Crippen LogP contribution in [0.15, 0.2) is 72.9 Å². The van der Waals surface area contributed by atoms with E-state index in [0.29, 0.717) is 5.69 Å². The average Bonchev–Trinajstić information content (AvgIpc) is 2.99. The Morgan fingerprint density at radius 1 is 0.875 bits per heavy atom. The van der Waals surface area contributed by atoms with Gasteiger partial charge in [-0.05, 0) is 42.0 Å². The monoisotopic (exact) mass is 312 g/mol. The van der Waals surface area contributed by atoms with Gasteiger partial charge in [0, 0.05) is 11.9 Å². The number of benzene rings is 2. The summed E-state index contributed by atoms with van der Waals surface area (Å²) < 4.78 is 2.04. The first-order valence-corrected chi connectivity index (χ1v) is 7.74. The topological polar surface area (TPSA) is 56.7 Å². The van der Waals surface area contributed by atoms with Crippen LogP contribution in [0, 0.1) is 0 Å². The lowest BCUT2D eigenvalue weighted by atomic mass is 10.2. The van der Waals surface area contributed by atoms with Crippen molar-refractivity contribution in [3.63, 3.8) is 0 Å². The van der Waals surface area contributed by atoms with Gasteiger partial charge in [-0.2, -0.15) is 0 Å². The maximum Gasteiger partial charge on any atom is 0.139 e. The molecule has 0 unspecified atom stereocenters. The van der Waals surface area contributed by atoms with Crippen LogP contribution in [0.25, 0.3) is 29.0 Å². The van der Waals surface area contributed by atoms with E-state index in [-0.39, 0.29) is 0 Å². The molecule has 4 rings (SSSR count). The minimum absolute atomic E-state index is 0.701. The van der Waals surface area contributed by atoms with E-state index in [1.54, 1.807) is 6.20 Å². The van der Waals surface area contributed by atoms with E-state index in [1.807, 2.05) is 71.3 Å². The number of imidazole rings is 1. The second kappa shape index (κ2) is 6.01. The van der Waals surface area contributed by atoms with E-state index in [0.717, 1.165) is 28.2 Å². The fourth-order valence-corrected chi connectivity index (χ4v) is 2.69. The summed E-state index contributed by atoms with van der Waals surface area (Å²) in [5.41, 5.74) is 9.56. The molecule has 2 heterocycles. The van der Waals surface area contributed by atoms with E-state index >= 15 is 0 Å². The fourth-order valence-electron chi connectivity index (χ4n) is 2.69. The van der Waals surface area contributed by atoms with Crippen molar-refractivity contribution in [3.05, 3.63) is 84.3 Å². The molecule has 0 bridgehead atoms. The summed E-state index contributed by atoms with van der Waals surface area (Å²) in [5.74, 6) is 1.65. The van der Waals surface area contributed by atoms with Crippen LogP contribution in [-0.2, 0) is 0 Å². The van der Waals surface area contributed by atoms with Crippen LogP contribution in [0.2, 0.25) is 0 Å². The maximum absolute atomic E-state index is 5.90. The molecule has 4 heteroatoms. The Bertz CT molecular complexity index is 1000. The summed E-state index contributed by atoms with van der Waals surface area (Å²) in [6, 6.07) is 21.7. The molecule has 0 aliphatic rings. The normalized spacial score (nSPS) is 11.3. The highest BCUT2D eigenvalue weighted by atomic mass is 15.1. The number of nitrogen functional groups attached to an aromatic ring is 1. The van der Waals surface area contributed by atoms with Gasteiger partial charge in [0.25, 0.3) is 0 Å². The van der Waals surface area contributed by atoms with Gasteiger partial charge >= 0.3 is 0 Å². The standard InChI is InChI=1S/C20H16N4/c21-16-10-11-18-17(14-16)23-20(12-9-15-6-2-1-3-7-15)24(18)19-8-4-5-13-22-19/h1-14H,21H2/b12-9+. The van der Waals surface area contributed by atoms with Crippen molar-refractivity contribution in [1.82, 2.24) is 14.5 Å². The zero-order valence-corrected chi connectivity index (χ0v) is 13.0. The summed E-state index contributed by atoms with van der Waals surface area (Å²) in [4.78, 5) is 9.19. The van der Waals surface area contributed by atoms with Crippen molar-refractivity contribution in [2.75, 3.05) is 5.73 Å². The minimum atomic E-state index is 0.701. The van der Waals surface area contributed by atoms with Gasteiger partial charge in [-0.3, -0.25) is 4.57 Å². The highest BCUT2D eigenvalue weighted by Gasteiger charge is 2.11. The van der Waals surface area contributed by atoms with E-state index in [9.17, 15) is 0 Å². The number of aromatic nitrogens is 3. The number of pyridine rings is 1. The van der Waals surface area contributed by atoms with E-state index in [2.05, 4.69) is 17.1 Å². The Kier molecular flexibility index (Phi) is 3.56. The molecule has 0 atom stereocenters. The zero-order chi connectivity index (χ0) is 16.4. The van der Waals surface area contributed by atoms with Crippen LogP contribution in [-0.4, -0.2) is 14.5 Å². The molecule has 0 saturated heterocycles. The number of nitrogens with two attached hydrogens (primary N) is 1. The van der Waals surface area contributed by atoms with Crippen LogP contribution >= 0.6 is 0 Å². The molecule has 0 aliphatic carbocycles. The maximum atomic E-state index is 5.90. The molecule has 0 saturated carbocycles. The molecule has 116 valence electrons. The van der Waals surface area contributed by atoms with E-state index in [1.165, 1.54) is 0 Å². The summed E-state index contributed by atoms with van der Waals surface area (Å²) in [6.45, 7) is 0. The van der Waals surface area contributed by atoms with Gasteiger partial charge in [-0.25, -0.2) is 9.97 Å². The van der Waals surface area contributed by atoms with E-state index < -0.39 is 0 Å². The molecule has 4 aromatic rings. The number of hydrogen-bond donors (Lipinski definition) is 1. The third kappa shape index (κ3) is 2.65. The highest BCUT2D eigenvalue weighted by molar-refractivity contribution is 5.84. The molecule has 0 radical (unpaired) electrons. The molecule has 24 heavy (non-hydrogen) atoms. The summed E-state index contributed by atoms with van der Waals surface area (Å²) in [6.07, 6.45) is 5.83. The van der Waals surface area contributed by atoms with Crippen molar-refractivity contribution in [2.45, 2.75) is 0 Å². The predicted molar refractivity (Wildman–Crippen MR) is 98.6 cm³/mol. The summed E-state index contributed by atoms with van der Waals surface area (Å²) in [7, 11) is 0. The van der Waals surface area contributed by atoms with Crippen LogP contribution in [0.5, 0.6) is 0 Å². The van der Waals surface area contributed by atoms with Crippen LogP contribution < -0.4 is 5.73 Å². The molecule has 0 aliphatic heterocycles. The van der Waals surface area contributed by atoms with Crippen molar-refractivity contribution in [2.24, 2.45) is 0 Å². The van der Waals surface area contributed by atoms with Crippen molar-refractivity contribution < 1.29 is 0 Å². The fraction of sp³-hybridized carbons (Fsp3) is 0.